The van der Waals surface area contributed by atoms with Gasteiger partial charge in [0.25, 0.3) is 0 Å². The molecule has 1 heterocycles. The number of nitrogens with one attached hydrogen (secondary N) is 1. The number of carboxylic acids is 1. The van der Waals surface area contributed by atoms with Crippen LogP contribution in [0, 0.1) is 0 Å². The van der Waals surface area contributed by atoms with Crippen LogP contribution in [0.15, 0.2) is 34.1 Å². The monoisotopic (exact) mass is 388 g/mol. The van der Waals surface area contributed by atoms with Crippen molar-refractivity contribution in [1.82, 2.24) is 9.03 Å². The summed E-state index contributed by atoms with van der Waals surface area (Å²) in [6, 6.07) is 3.76. The topological polar surface area (TPSA) is 121 Å². The summed E-state index contributed by atoms with van der Waals surface area (Å²) < 4.78 is 53.3. The van der Waals surface area contributed by atoms with E-state index in [4.69, 9.17) is 0 Å². The standard InChI is InChI=1S/C15H20N2O6S2/c18-15(19)14-3-1-2-10-17(14)25(22,23)13-8-6-12(7-9-13)24(20,21)16-11-4-5-11/h6-9,11,14,16H,1-5,10H2,(H,18,19). The third-order valence-electron chi connectivity index (χ3n) is 4.38. The lowest BCUT2D eigenvalue weighted by Gasteiger charge is -2.31. The molecule has 1 unspecified atom stereocenters. The minimum absolute atomic E-state index is 0.00761. The molecule has 1 aromatic rings. The molecular formula is C15H20N2O6S2. The first kappa shape index (κ1) is 18.3. The van der Waals surface area contributed by atoms with Gasteiger partial charge in [-0.15, -0.1) is 0 Å². The number of carbonyl (C=O) groups is 1. The molecule has 3 rings (SSSR count). The quantitative estimate of drug-likeness (QED) is 0.742. The van der Waals surface area contributed by atoms with Gasteiger partial charge in [0.2, 0.25) is 20.0 Å². The predicted octanol–water partition coefficient (Wildman–Crippen LogP) is 0.755. The summed E-state index contributed by atoms with van der Waals surface area (Å²) in [5, 5.41) is 9.27. The molecule has 2 aliphatic rings. The van der Waals surface area contributed by atoms with E-state index in [1.807, 2.05) is 0 Å². The second-order valence-electron chi connectivity index (χ2n) is 6.33. The molecule has 10 heteroatoms. The number of piperidine rings is 1. The number of benzene rings is 1. The maximum atomic E-state index is 12.7. The Labute approximate surface area is 146 Å². The number of carboxylic acid groups (broad SMARTS) is 1. The highest BCUT2D eigenvalue weighted by Crippen LogP contribution is 2.27. The Hall–Kier alpha value is -1.49. The van der Waals surface area contributed by atoms with Gasteiger partial charge in [0.05, 0.1) is 9.79 Å². The first-order chi connectivity index (χ1) is 11.7. The van der Waals surface area contributed by atoms with Crippen LogP contribution in [0.5, 0.6) is 0 Å². The van der Waals surface area contributed by atoms with E-state index >= 15 is 0 Å². The predicted molar refractivity (Wildman–Crippen MR) is 89.0 cm³/mol. The van der Waals surface area contributed by atoms with E-state index in [1.54, 1.807) is 0 Å². The average Bonchev–Trinajstić information content (AvgIpc) is 3.38. The zero-order valence-electron chi connectivity index (χ0n) is 13.5. The van der Waals surface area contributed by atoms with E-state index < -0.39 is 32.1 Å². The van der Waals surface area contributed by atoms with Crippen molar-refractivity contribution in [3.8, 4) is 0 Å². The summed E-state index contributed by atoms with van der Waals surface area (Å²) in [6.45, 7) is 0.141. The van der Waals surface area contributed by atoms with Crippen molar-refractivity contribution in [2.45, 2.75) is 54.0 Å². The highest BCUT2D eigenvalue weighted by Gasteiger charge is 2.37. The Morgan fingerprint density at radius 1 is 1.00 bits per heavy atom. The summed E-state index contributed by atoms with van der Waals surface area (Å²) >= 11 is 0. The first-order valence-corrected chi connectivity index (χ1v) is 11.0. The fourth-order valence-corrected chi connectivity index (χ4v) is 5.81. The van der Waals surface area contributed by atoms with Crippen LogP contribution in [-0.2, 0) is 24.8 Å². The zero-order valence-corrected chi connectivity index (χ0v) is 15.1. The summed E-state index contributed by atoms with van der Waals surface area (Å²) in [5.74, 6) is -1.17. The largest absolute Gasteiger partial charge is 0.480 e. The Kier molecular flexibility index (Phi) is 4.89. The van der Waals surface area contributed by atoms with Crippen molar-refractivity contribution in [2.75, 3.05) is 6.54 Å². The van der Waals surface area contributed by atoms with Crippen LogP contribution in [0.3, 0.4) is 0 Å². The molecule has 8 nitrogen and oxygen atoms in total. The SMILES string of the molecule is O=C(O)C1CCCCN1S(=O)(=O)c1ccc(S(=O)(=O)NC2CC2)cc1. The highest BCUT2D eigenvalue weighted by atomic mass is 32.2. The molecule has 2 N–H and O–H groups in total. The van der Waals surface area contributed by atoms with E-state index in [1.165, 1.54) is 24.3 Å². The molecule has 25 heavy (non-hydrogen) atoms. The summed E-state index contributed by atoms with van der Waals surface area (Å²) in [5.41, 5.74) is 0. The molecule has 0 aromatic heterocycles. The third kappa shape index (κ3) is 3.86. The Morgan fingerprint density at radius 2 is 1.60 bits per heavy atom. The average molecular weight is 388 g/mol. The lowest BCUT2D eigenvalue weighted by molar-refractivity contribution is -0.142. The zero-order chi connectivity index (χ0) is 18.2. The van der Waals surface area contributed by atoms with Crippen LogP contribution < -0.4 is 4.72 Å². The van der Waals surface area contributed by atoms with Crippen LogP contribution in [-0.4, -0.2) is 50.8 Å². The van der Waals surface area contributed by atoms with E-state index in [0.717, 1.165) is 17.1 Å². The van der Waals surface area contributed by atoms with Crippen molar-refractivity contribution >= 4 is 26.0 Å². The van der Waals surface area contributed by atoms with Gasteiger partial charge in [0, 0.05) is 12.6 Å². The molecule has 1 saturated carbocycles. The second-order valence-corrected chi connectivity index (χ2v) is 9.94. The van der Waals surface area contributed by atoms with Gasteiger partial charge in [0.1, 0.15) is 6.04 Å². The van der Waals surface area contributed by atoms with Crippen molar-refractivity contribution in [1.29, 1.82) is 0 Å². The van der Waals surface area contributed by atoms with Crippen molar-refractivity contribution < 1.29 is 26.7 Å². The number of hydrogen-bond donors (Lipinski definition) is 2. The van der Waals surface area contributed by atoms with E-state index in [9.17, 15) is 26.7 Å². The molecule has 0 amide bonds. The van der Waals surface area contributed by atoms with Crippen molar-refractivity contribution in [2.24, 2.45) is 0 Å². The number of sulfonamides is 2. The van der Waals surface area contributed by atoms with Crippen LogP contribution >= 0.6 is 0 Å². The van der Waals surface area contributed by atoms with Gasteiger partial charge in [-0.2, -0.15) is 4.31 Å². The molecule has 0 spiro atoms. The van der Waals surface area contributed by atoms with E-state index in [2.05, 4.69) is 4.72 Å². The Balaban J connectivity index is 1.86. The lowest BCUT2D eigenvalue weighted by Crippen LogP contribution is -2.47. The van der Waals surface area contributed by atoms with Gasteiger partial charge < -0.3 is 5.11 Å². The number of nitrogens with zero attached hydrogens (tertiary/aromatic N) is 1. The lowest BCUT2D eigenvalue weighted by atomic mass is 10.1. The molecule has 0 radical (unpaired) electrons. The smallest absolute Gasteiger partial charge is 0.322 e. The molecule has 1 aliphatic carbocycles. The highest BCUT2D eigenvalue weighted by molar-refractivity contribution is 7.89. The van der Waals surface area contributed by atoms with Crippen LogP contribution in [0.1, 0.15) is 32.1 Å². The van der Waals surface area contributed by atoms with Crippen molar-refractivity contribution in [3.63, 3.8) is 0 Å². The molecule has 2 fully saturated rings. The van der Waals surface area contributed by atoms with Gasteiger partial charge in [-0.3, -0.25) is 4.79 Å². The fourth-order valence-electron chi connectivity index (χ4n) is 2.85. The minimum Gasteiger partial charge on any atom is -0.480 e. The number of rotatable bonds is 6. The summed E-state index contributed by atoms with van der Waals surface area (Å²) in [7, 11) is -7.65. The van der Waals surface area contributed by atoms with Gasteiger partial charge >= 0.3 is 5.97 Å². The maximum Gasteiger partial charge on any atom is 0.322 e. The third-order valence-corrected chi connectivity index (χ3v) is 7.84. The summed E-state index contributed by atoms with van der Waals surface area (Å²) in [4.78, 5) is 11.2. The van der Waals surface area contributed by atoms with Crippen LogP contribution in [0.4, 0.5) is 0 Å². The van der Waals surface area contributed by atoms with E-state index in [0.29, 0.717) is 12.8 Å². The normalized spacial score (nSPS) is 22.6. The molecule has 1 aromatic carbocycles. The second kappa shape index (κ2) is 6.67. The van der Waals surface area contributed by atoms with Gasteiger partial charge in [-0.1, -0.05) is 0 Å². The molecule has 0 bridgehead atoms. The first-order valence-electron chi connectivity index (χ1n) is 8.09. The van der Waals surface area contributed by atoms with Crippen LogP contribution in [0.25, 0.3) is 0 Å². The number of hydrogen-bond acceptors (Lipinski definition) is 5. The molecule has 138 valence electrons. The fraction of sp³-hybridized carbons (Fsp3) is 0.533. The maximum absolute atomic E-state index is 12.7. The van der Waals surface area contributed by atoms with Gasteiger partial charge in [-0.25, -0.2) is 21.6 Å². The van der Waals surface area contributed by atoms with Gasteiger partial charge in [-0.05, 0) is 56.4 Å². The van der Waals surface area contributed by atoms with E-state index in [-0.39, 0.29) is 28.8 Å². The molecule has 1 aliphatic heterocycles. The Bertz CT molecular complexity index is 860. The van der Waals surface area contributed by atoms with Gasteiger partial charge in [0.15, 0.2) is 0 Å². The summed E-state index contributed by atoms with van der Waals surface area (Å²) in [6.07, 6.45) is 3.13. The van der Waals surface area contributed by atoms with Crippen molar-refractivity contribution in [3.05, 3.63) is 24.3 Å². The molecule has 1 saturated heterocycles. The Morgan fingerprint density at radius 3 is 2.16 bits per heavy atom. The van der Waals surface area contributed by atoms with Crippen LogP contribution in [0.2, 0.25) is 0 Å². The molecule has 1 atom stereocenters. The number of aliphatic carboxylic acids is 1. The molecular weight excluding hydrogens is 368 g/mol. The minimum atomic E-state index is -3.99.